The van der Waals surface area contributed by atoms with Crippen LogP contribution >= 0.6 is 0 Å². The molecule has 0 spiro atoms. The first-order chi connectivity index (χ1) is 13.9. The topological polar surface area (TPSA) is 88.6 Å². The van der Waals surface area contributed by atoms with Gasteiger partial charge in [0.1, 0.15) is 0 Å². The van der Waals surface area contributed by atoms with Gasteiger partial charge in [-0.15, -0.1) is 0 Å². The fraction of sp³-hybridized carbons (Fsp3) is 0.400. The molecule has 1 aromatic heterocycles. The van der Waals surface area contributed by atoms with Crippen molar-refractivity contribution in [3.05, 3.63) is 54.1 Å². The summed E-state index contributed by atoms with van der Waals surface area (Å²) in [6.07, 6.45) is 4.55. The zero-order valence-corrected chi connectivity index (χ0v) is 17.0. The molecule has 0 aliphatic carbocycles. The van der Waals surface area contributed by atoms with E-state index in [1.54, 1.807) is 36.4 Å². The Hall–Kier alpha value is -2.52. The number of piperidine rings is 1. The zero-order valence-electron chi connectivity index (χ0n) is 16.2. The average Bonchev–Trinajstić information content (AvgIpc) is 2.74. The number of ether oxygens (including phenoxy) is 1. The molecule has 1 fully saturated rings. The highest BCUT2D eigenvalue weighted by atomic mass is 32.2. The molecular weight excluding hydrogens is 397 g/mol. The Labute approximate surface area is 169 Å². The number of nitrogens with zero attached hydrogens (tertiary/aromatic N) is 2. The van der Waals surface area contributed by atoms with E-state index in [0.717, 1.165) is 6.07 Å². The number of carbonyl (C=O) groups excluding carboxylic acids is 1. The molecule has 2 aromatic rings. The number of amides is 1. The smallest absolute Gasteiger partial charge is 0.253 e. The molecule has 1 aliphatic rings. The Balaban J connectivity index is 1.53. The molecule has 2 heterocycles. The van der Waals surface area contributed by atoms with Crippen LogP contribution in [0.4, 0.5) is 4.39 Å². The summed E-state index contributed by atoms with van der Waals surface area (Å²) in [5, 5.41) is 0. The number of likely N-dealkylation sites (tertiary alicyclic amines) is 1. The van der Waals surface area contributed by atoms with Gasteiger partial charge in [0.05, 0.1) is 11.5 Å². The van der Waals surface area contributed by atoms with Crippen molar-refractivity contribution < 1.29 is 22.3 Å². The van der Waals surface area contributed by atoms with Gasteiger partial charge in [0.25, 0.3) is 5.91 Å². The standard InChI is InChI=1S/C20H24FN3O4S/c1-2-28-19-4-3-17(13-18(19)21)29(26,27)23-14-15-7-11-24(12-8-15)20(25)16-5-9-22-10-6-16/h3-6,9-10,13,15,23H,2,7-8,11-12,14H2,1H3. The van der Waals surface area contributed by atoms with Crippen molar-refractivity contribution in [1.29, 1.82) is 0 Å². The Morgan fingerprint density at radius 2 is 1.93 bits per heavy atom. The lowest BCUT2D eigenvalue weighted by molar-refractivity contribution is 0.0692. The van der Waals surface area contributed by atoms with Gasteiger partial charge >= 0.3 is 0 Å². The third kappa shape index (κ3) is 5.30. The predicted molar refractivity (Wildman–Crippen MR) is 106 cm³/mol. The van der Waals surface area contributed by atoms with E-state index in [1.807, 2.05) is 0 Å². The molecule has 0 bridgehead atoms. The van der Waals surface area contributed by atoms with Crippen LogP contribution in [0.25, 0.3) is 0 Å². The van der Waals surface area contributed by atoms with Crippen molar-refractivity contribution >= 4 is 15.9 Å². The van der Waals surface area contributed by atoms with E-state index in [9.17, 15) is 17.6 Å². The number of hydrogen-bond acceptors (Lipinski definition) is 5. The van der Waals surface area contributed by atoms with Crippen molar-refractivity contribution in [2.45, 2.75) is 24.7 Å². The first-order valence-corrected chi connectivity index (χ1v) is 11.0. The van der Waals surface area contributed by atoms with Crippen molar-refractivity contribution in [3.8, 4) is 5.75 Å². The summed E-state index contributed by atoms with van der Waals surface area (Å²) >= 11 is 0. The third-order valence-corrected chi connectivity index (χ3v) is 6.33. The summed E-state index contributed by atoms with van der Waals surface area (Å²) in [7, 11) is -3.82. The number of sulfonamides is 1. The largest absolute Gasteiger partial charge is 0.491 e. The van der Waals surface area contributed by atoms with Gasteiger partial charge in [-0.25, -0.2) is 17.5 Å². The fourth-order valence-corrected chi connectivity index (χ4v) is 4.38. The number of aromatic nitrogens is 1. The van der Waals surface area contributed by atoms with Gasteiger partial charge in [-0.05, 0) is 56.0 Å². The number of pyridine rings is 1. The van der Waals surface area contributed by atoms with E-state index in [1.165, 1.54) is 12.1 Å². The number of nitrogens with one attached hydrogen (secondary N) is 1. The van der Waals surface area contributed by atoms with Crippen LogP contribution in [0.3, 0.4) is 0 Å². The Bertz CT molecular complexity index is 945. The second kappa shape index (κ2) is 9.32. The summed E-state index contributed by atoms with van der Waals surface area (Å²) in [4.78, 5) is 18.0. The van der Waals surface area contributed by atoms with Gasteiger partial charge in [0.15, 0.2) is 11.6 Å². The normalized spacial score (nSPS) is 15.3. The van der Waals surface area contributed by atoms with Crippen LogP contribution in [0.15, 0.2) is 47.6 Å². The second-order valence-corrected chi connectivity index (χ2v) is 8.62. The SMILES string of the molecule is CCOc1ccc(S(=O)(=O)NCC2CCN(C(=O)c3ccncc3)CC2)cc1F. The third-order valence-electron chi connectivity index (χ3n) is 4.90. The number of benzene rings is 1. The van der Waals surface area contributed by atoms with Crippen LogP contribution in [0, 0.1) is 11.7 Å². The second-order valence-electron chi connectivity index (χ2n) is 6.85. The minimum Gasteiger partial charge on any atom is -0.491 e. The molecule has 0 saturated carbocycles. The van der Waals surface area contributed by atoms with Crippen LogP contribution in [0.1, 0.15) is 30.1 Å². The van der Waals surface area contributed by atoms with Crippen LogP contribution < -0.4 is 9.46 Å². The van der Waals surface area contributed by atoms with Gasteiger partial charge in [-0.3, -0.25) is 9.78 Å². The van der Waals surface area contributed by atoms with Crippen molar-refractivity contribution in [3.63, 3.8) is 0 Å². The predicted octanol–water partition coefficient (Wildman–Crippen LogP) is 2.45. The summed E-state index contributed by atoms with van der Waals surface area (Å²) < 4.78 is 46.5. The lowest BCUT2D eigenvalue weighted by Gasteiger charge is -2.32. The minimum atomic E-state index is -3.82. The average molecular weight is 421 g/mol. The molecule has 0 radical (unpaired) electrons. The Morgan fingerprint density at radius 1 is 1.24 bits per heavy atom. The molecule has 1 aromatic carbocycles. The zero-order chi connectivity index (χ0) is 20.9. The lowest BCUT2D eigenvalue weighted by Crippen LogP contribution is -2.41. The molecule has 0 unspecified atom stereocenters. The van der Waals surface area contributed by atoms with Crippen molar-refractivity contribution in [1.82, 2.24) is 14.6 Å². The van der Waals surface area contributed by atoms with Crippen LogP contribution in [-0.4, -0.2) is 50.5 Å². The van der Waals surface area contributed by atoms with Crippen molar-refractivity contribution in [2.24, 2.45) is 5.92 Å². The molecule has 1 aliphatic heterocycles. The summed E-state index contributed by atoms with van der Waals surface area (Å²) in [5.41, 5.74) is 0.594. The van der Waals surface area contributed by atoms with Gasteiger partial charge in [0.2, 0.25) is 10.0 Å². The molecule has 7 nitrogen and oxygen atoms in total. The highest BCUT2D eigenvalue weighted by Gasteiger charge is 2.25. The van der Waals surface area contributed by atoms with Crippen LogP contribution in [-0.2, 0) is 10.0 Å². The monoisotopic (exact) mass is 421 g/mol. The maximum Gasteiger partial charge on any atom is 0.253 e. The molecular formula is C20H24FN3O4S. The van der Waals surface area contributed by atoms with E-state index in [4.69, 9.17) is 4.74 Å². The first kappa shape index (κ1) is 21.2. The molecule has 1 amide bonds. The van der Waals surface area contributed by atoms with E-state index in [0.29, 0.717) is 38.1 Å². The molecule has 9 heteroatoms. The van der Waals surface area contributed by atoms with Gasteiger partial charge in [-0.1, -0.05) is 0 Å². The van der Waals surface area contributed by atoms with E-state index >= 15 is 0 Å². The number of hydrogen-bond donors (Lipinski definition) is 1. The first-order valence-electron chi connectivity index (χ1n) is 9.52. The van der Waals surface area contributed by atoms with Crippen LogP contribution in [0.5, 0.6) is 5.75 Å². The minimum absolute atomic E-state index is 0.0256. The number of halogens is 1. The number of carbonyl (C=O) groups is 1. The fourth-order valence-electron chi connectivity index (χ4n) is 3.25. The summed E-state index contributed by atoms with van der Waals surface area (Å²) in [6, 6.07) is 6.96. The lowest BCUT2D eigenvalue weighted by atomic mass is 9.97. The summed E-state index contributed by atoms with van der Waals surface area (Å²) in [6.45, 7) is 3.39. The molecule has 1 N–H and O–H groups in total. The Kier molecular flexibility index (Phi) is 6.81. The van der Waals surface area contributed by atoms with E-state index < -0.39 is 15.8 Å². The Morgan fingerprint density at radius 3 is 2.55 bits per heavy atom. The van der Waals surface area contributed by atoms with Crippen LogP contribution in [0.2, 0.25) is 0 Å². The highest BCUT2D eigenvalue weighted by molar-refractivity contribution is 7.89. The molecule has 3 rings (SSSR count). The molecule has 29 heavy (non-hydrogen) atoms. The summed E-state index contributed by atoms with van der Waals surface area (Å²) in [5.74, 6) is -0.620. The molecule has 0 atom stereocenters. The van der Waals surface area contributed by atoms with Crippen molar-refractivity contribution in [2.75, 3.05) is 26.2 Å². The van der Waals surface area contributed by atoms with Gasteiger partial charge < -0.3 is 9.64 Å². The van der Waals surface area contributed by atoms with E-state index in [2.05, 4.69) is 9.71 Å². The van der Waals surface area contributed by atoms with E-state index in [-0.39, 0.29) is 29.0 Å². The maximum atomic E-state index is 14.0. The van der Waals surface area contributed by atoms with Gasteiger partial charge in [0, 0.05) is 37.6 Å². The molecule has 1 saturated heterocycles. The molecule has 156 valence electrons. The quantitative estimate of drug-likeness (QED) is 0.742. The highest BCUT2D eigenvalue weighted by Crippen LogP contribution is 2.22. The number of rotatable bonds is 7. The van der Waals surface area contributed by atoms with Gasteiger partial charge in [-0.2, -0.15) is 0 Å². The maximum absolute atomic E-state index is 14.0.